The van der Waals surface area contributed by atoms with E-state index in [-0.39, 0.29) is 5.75 Å². The number of aromatic nitrogens is 2. The summed E-state index contributed by atoms with van der Waals surface area (Å²) in [5.41, 5.74) is 4.58. The Morgan fingerprint density at radius 3 is 2.58 bits per heavy atom. The molecule has 0 aliphatic carbocycles. The van der Waals surface area contributed by atoms with Crippen LogP contribution in [0.3, 0.4) is 0 Å². The van der Waals surface area contributed by atoms with Crippen LogP contribution in [0.2, 0.25) is 0 Å². The zero-order chi connectivity index (χ0) is 18.1. The molecular weight excluding hydrogens is 328 g/mol. The minimum atomic E-state index is 0.230. The molecule has 0 amide bonds. The summed E-state index contributed by atoms with van der Waals surface area (Å²) in [6.07, 6.45) is 3.72. The quantitative estimate of drug-likeness (QED) is 0.566. The molecule has 2 heterocycles. The van der Waals surface area contributed by atoms with Crippen LogP contribution in [0.15, 0.2) is 60.9 Å². The molecule has 0 aliphatic rings. The summed E-state index contributed by atoms with van der Waals surface area (Å²) in [4.78, 5) is 7.73. The molecule has 0 radical (unpaired) electrons. The second-order valence-electron chi connectivity index (χ2n) is 5.94. The van der Waals surface area contributed by atoms with Gasteiger partial charge in [0, 0.05) is 40.5 Å². The molecule has 5 heteroatoms. The number of hydrogen-bond donors (Lipinski definition) is 2. The number of aromatic hydroxyl groups is 1. The number of methoxy groups -OCH3 is 2. The maximum absolute atomic E-state index is 9.74. The lowest BCUT2D eigenvalue weighted by molar-refractivity contribution is 0.395. The Morgan fingerprint density at radius 1 is 0.923 bits per heavy atom. The van der Waals surface area contributed by atoms with Crippen LogP contribution in [0.1, 0.15) is 0 Å². The average molecular weight is 346 g/mol. The lowest BCUT2D eigenvalue weighted by atomic mass is 10.0. The molecule has 2 aromatic carbocycles. The molecule has 130 valence electrons. The third kappa shape index (κ3) is 2.73. The van der Waals surface area contributed by atoms with Crippen LogP contribution in [0.4, 0.5) is 0 Å². The van der Waals surface area contributed by atoms with Gasteiger partial charge in [0.1, 0.15) is 22.9 Å². The standard InChI is InChI=1S/C21H18N2O3/c1-25-16-6-7-17(20(10-16)26-2)19-12-23-21-18(19)9-14(11-22-21)13-4-3-5-15(24)8-13/h3-12,24H,1-2H3,(H,22,23). The first-order chi connectivity index (χ1) is 12.7. The predicted molar refractivity (Wildman–Crippen MR) is 102 cm³/mol. The largest absolute Gasteiger partial charge is 0.508 e. The van der Waals surface area contributed by atoms with E-state index in [9.17, 15) is 5.11 Å². The first-order valence-corrected chi connectivity index (χ1v) is 8.18. The smallest absolute Gasteiger partial charge is 0.137 e. The van der Waals surface area contributed by atoms with Gasteiger partial charge in [-0.2, -0.15) is 0 Å². The van der Waals surface area contributed by atoms with Crippen LogP contribution in [0, 0.1) is 0 Å². The van der Waals surface area contributed by atoms with Crippen LogP contribution in [-0.2, 0) is 0 Å². The van der Waals surface area contributed by atoms with Crippen molar-refractivity contribution in [2.45, 2.75) is 0 Å². The van der Waals surface area contributed by atoms with Gasteiger partial charge in [-0.3, -0.25) is 0 Å². The fourth-order valence-electron chi connectivity index (χ4n) is 3.09. The van der Waals surface area contributed by atoms with E-state index in [4.69, 9.17) is 9.47 Å². The van der Waals surface area contributed by atoms with E-state index in [0.717, 1.165) is 44.8 Å². The summed E-state index contributed by atoms with van der Waals surface area (Å²) in [5, 5.41) is 10.7. The Morgan fingerprint density at radius 2 is 1.81 bits per heavy atom. The summed E-state index contributed by atoms with van der Waals surface area (Å²) in [5.74, 6) is 1.70. The van der Waals surface area contributed by atoms with Gasteiger partial charge in [-0.1, -0.05) is 12.1 Å². The number of aromatic amines is 1. The SMILES string of the molecule is COc1ccc(-c2c[nH]c3ncc(-c4cccc(O)c4)cc23)c(OC)c1. The topological polar surface area (TPSA) is 67.4 Å². The van der Waals surface area contributed by atoms with E-state index in [1.807, 2.05) is 36.5 Å². The Kier molecular flexibility index (Phi) is 3.97. The molecular formula is C21H18N2O3. The minimum Gasteiger partial charge on any atom is -0.508 e. The van der Waals surface area contributed by atoms with Gasteiger partial charge >= 0.3 is 0 Å². The molecule has 0 saturated heterocycles. The van der Waals surface area contributed by atoms with Crippen LogP contribution < -0.4 is 9.47 Å². The van der Waals surface area contributed by atoms with Gasteiger partial charge in [0.05, 0.1) is 14.2 Å². The maximum Gasteiger partial charge on any atom is 0.137 e. The predicted octanol–water partition coefficient (Wildman–Crippen LogP) is 4.62. The number of hydrogen-bond acceptors (Lipinski definition) is 4. The number of phenols is 1. The van der Waals surface area contributed by atoms with Gasteiger partial charge in [-0.15, -0.1) is 0 Å². The number of nitrogens with zero attached hydrogens (tertiary/aromatic N) is 1. The molecule has 0 spiro atoms. The molecule has 0 aliphatic heterocycles. The zero-order valence-electron chi connectivity index (χ0n) is 14.5. The molecule has 0 unspecified atom stereocenters. The van der Waals surface area contributed by atoms with E-state index in [2.05, 4.69) is 16.0 Å². The number of phenolic OH excluding ortho intramolecular Hbond substituents is 1. The fraction of sp³-hybridized carbons (Fsp3) is 0.0952. The highest BCUT2D eigenvalue weighted by molar-refractivity contribution is 5.97. The highest BCUT2D eigenvalue weighted by Gasteiger charge is 2.14. The Hall–Kier alpha value is -3.47. The van der Waals surface area contributed by atoms with Crippen LogP contribution in [0.5, 0.6) is 17.2 Å². The Bertz CT molecular complexity index is 1090. The maximum atomic E-state index is 9.74. The van der Waals surface area contributed by atoms with Crippen molar-refractivity contribution in [1.29, 1.82) is 0 Å². The number of nitrogens with one attached hydrogen (secondary N) is 1. The monoisotopic (exact) mass is 346 g/mol. The summed E-state index contributed by atoms with van der Waals surface area (Å²) in [6.45, 7) is 0. The zero-order valence-corrected chi connectivity index (χ0v) is 14.5. The summed E-state index contributed by atoms with van der Waals surface area (Å²) < 4.78 is 10.8. The van der Waals surface area contributed by atoms with Crippen LogP contribution >= 0.6 is 0 Å². The van der Waals surface area contributed by atoms with Crippen LogP contribution in [-0.4, -0.2) is 29.3 Å². The number of benzene rings is 2. The summed E-state index contributed by atoms with van der Waals surface area (Å²) in [6, 6.07) is 14.9. The van der Waals surface area contributed by atoms with Crippen molar-refractivity contribution in [3.05, 3.63) is 60.9 Å². The van der Waals surface area contributed by atoms with Crippen molar-refractivity contribution >= 4 is 11.0 Å². The van der Waals surface area contributed by atoms with Gasteiger partial charge in [-0.25, -0.2) is 4.98 Å². The summed E-state index contributed by atoms with van der Waals surface area (Å²) in [7, 11) is 3.27. The number of fused-ring (bicyclic) bond motifs is 1. The molecule has 4 aromatic rings. The number of H-pyrrole nitrogens is 1. The fourth-order valence-corrected chi connectivity index (χ4v) is 3.09. The Balaban J connectivity index is 1.88. The van der Waals surface area contributed by atoms with E-state index < -0.39 is 0 Å². The molecule has 0 saturated carbocycles. The highest BCUT2D eigenvalue weighted by Crippen LogP contribution is 2.38. The van der Waals surface area contributed by atoms with Crippen molar-refractivity contribution in [1.82, 2.24) is 9.97 Å². The normalized spacial score (nSPS) is 10.8. The molecule has 0 fully saturated rings. The van der Waals surface area contributed by atoms with Crippen molar-refractivity contribution in [3.63, 3.8) is 0 Å². The molecule has 2 aromatic heterocycles. The first-order valence-electron chi connectivity index (χ1n) is 8.18. The van der Waals surface area contributed by atoms with Gasteiger partial charge < -0.3 is 19.6 Å². The van der Waals surface area contributed by atoms with Crippen LogP contribution in [0.25, 0.3) is 33.3 Å². The van der Waals surface area contributed by atoms with Crippen molar-refractivity contribution in [2.75, 3.05) is 14.2 Å². The van der Waals surface area contributed by atoms with Crippen molar-refractivity contribution in [2.24, 2.45) is 0 Å². The third-order valence-electron chi connectivity index (χ3n) is 4.41. The second kappa shape index (κ2) is 6.44. The molecule has 0 atom stereocenters. The van der Waals surface area contributed by atoms with E-state index >= 15 is 0 Å². The van der Waals surface area contributed by atoms with Gasteiger partial charge in [0.15, 0.2) is 0 Å². The van der Waals surface area contributed by atoms with Crippen molar-refractivity contribution < 1.29 is 14.6 Å². The average Bonchev–Trinajstić information content (AvgIpc) is 3.10. The molecule has 0 bridgehead atoms. The van der Waals surface area contributed by atoms with Gasteiger partial charge in [-0.05, 0) is 35.9 Å². The molecule has 2 N–H and O–H groups in total. The third-order valence-corrected chi connectivity index (χ3v) is 4.41. The van der Waals surface area contributed by atoms with E-state index in [0.29, 0.717) is 0 Å². The van der Waals surface area contributed by atoms with Crippen molar-refractivity contribution in [3.8, 4) is 39.5 Å². The minimum absolute atomic E-state index is 0.230. The number of pyridine rings is 1. The second-order valence-corrected chi connectivity index (χ2v) is 5.94. The lowest BCUT2D eigenvalue weighted by Crippen LogP contribution is -1.90. The Labute approximate surface area is 150 Å². The first kappa shape index (κ1) is 16.0. The lowest BCUT2D eigenvalue weighted by Gasteiger charge is -2.10. The molecule has 26 heavy (non-hydrogen) atoms. The number of ether oxygens (including phenoxy) is 2. The van der Waals surface area contributed by atoms with Gasteiger partial charge in [0.25, 0.3) is 0 Å². The van der Waals surface area contributed by atoms with Gasteiger partial charge in [0.2, 0.25) is 0 Å². The van der Waals surface area contributed by atoms with E-state index in [1.165, 1.54) is 0 Å². The van der Waals surface area contributed by atoms with E-state index in [1.54, 1.807) is 32.5 Å². The molecule has 5 nitrogen and oxygen atoms in total. The molecule has 4 rings (SSSR count). The number of rotatable bonds is 4. The highest BCUT2D eigenvalue weighted by atomic mass is 16.5. The summed E-state index contributed by atoms with van der Waals surface area (Å²) >= 11 is 0.